The first kappa shape index (κ1) is 13.8. The molecule has 1 atom stereocenters. The van der Waals surface area contributed by atoms with Gasteiger partial charge >= 0.3 is 18.9 Å². The number of methoxy groups -OCH3 is 1. The first-order valence-corrected chi connectivity index (χ1v) is 3.37. The maximum absolute atomic E-state index is 5.20. The van der Waals surface area contributed by atoms with Crippen LogP contribution in [-0.4, -0.2) is 20.0 Å². The molecule has 0 rings (SSSR count). The van der Waals surface area contributed by atoms with Crippen molar-refractivity contribution in [3.63, 3.8) is 0 Å². The van der Waals surface area contributed by atoms with Gasteiger partial charge in [0, 0.05) is 7.11 Å². The molecule has 0 aromatic heterocycles. The van der Waals surface area contributed by atoms with Gasteiger partial charge in [0.05, 0.1) is 6.10 Å². The average Bonchev–Trinajstić information content (AvgIpc) is 1.98. The van der Waals surface area contributed by atoms with Crippen molar-refractivity contribution in [2.24, 2.45) is 0 Å². The van der Waals surface area contributed by atoms with Crippen LogP contribution in [-0.2, 0) is 9.47 Å². The van der Waals surface area contributed by atoms with E-state index in [1.54, 1.807) is 13.2 Å². The summed E-state index contributed by atoms with van der Waals surface area (Å²) in [6.07, 6.45) is 3.63. The normalized spacial score (nSPS) is 11.8. The van der Waals surface area contributed by atoms with Gasteiger partial charge < -0.3 is 16.4 Å². The van der Waals surface area contributed by atoms with Crippen LogP contribution in [0, 0.1) is 6.92 Å². The maximum Gasteiger partial charge on any atom is 1.00 e. The molecule has 0 saturated carbocycles. The zero-order valence-electron chi connectivity index (χ0n) is 7.51. The van der Waals surface area contributed by atoms with Crippen molar-refractivity contribution in [2.75, 3.05) is 13.9 Å². The largest absolute Gasteiger partial charge is 1.00 e. The first-order chi connectivity index (χ1) is 4.85. The molecule has 11 heavy (non-hydrogen) atoms. The van der Waals surface area contributed by atoms with Crippen LogP contribution in [0.15, 0.2) is 12.7 Å². The molecule has 0 aliphatic rings. The second-order valence-electron chi connectivity index (χ2n) is 1.99. The zero-order chi connectivity index (χ0) is 7.82. The SMILES string of the molecule is C=CC(CC[CH2-])OCOC.[Li+]. The fraction of sp³-hybridized carbons (Fsp3) is 0.625. The van der Waals surface area contributed by atoms with Gasteiger partial charge in [-0.3, -0.25) is 0 Å². The molecule has 0 amide bonds. The smallest absolute Gasteiger partial charge is 0.359 e. The molecule has 0 N–H and O–H groups in total. The summed E-state index contributed by atoms with van der Waals surface area (Å²) in [5, 5.41) is 0. The molecular weight excluding hydrogens is 135 g/mol. The molecule has 1 unspecified atom stereocenters. The molecule has 0 saturated heterocycles. The first-order valence-electron chi connectivity index (χ1n) is 3.37. The van der Waals surface area contributed by atoms with Gasteiger partial charge in [0.2, 0.25) is 0 Å². The monoisotopic (exact) mass is 150 g/mol. The number of hydrogen-bond acceptors (Lipinski definition) is 2. The maximum atomic E-state index is 5.20. The number of hydrogen-bond donors (Lipinski definition) is 0. The summed E-state index contributed by atoms with van der Waals surface area (Å²) < 4.78 is 9.93. The summed E-state index contributed by atoms with van der Waals surface area (Å²) in [5.74, 6) is 0. The fourth-order valence-electron chi connectivity index (χ4n) is 0.626. The van der Waals surface area contributed by atoms with Crippen LogP contribution in [0.25, 0.3) is 0 Å². The summed E-state index contributed by atoms with van der Waals surface area (Å²) >= 11 is 0. The van der Waals surface area contributed by atoms with Crippen molar-refractivity contribution in [1.29, 1.82) is 0 Å². The fourth-order valence-corrected chi connectivity index (χ4v) is 0.626. The Balaban J connectivity index is 0. The third kappa shape index (κ3) is 8.16. The minimum Gasteiger partial charge on any atom is -0.359 e. The third-order valence-corrected chi connectivity index (χ3v) is 1.15. The van der Waals surface area contributed by atoms with Gasteiger partial charge in [-0.15, -0.1) is 6.58 Å². The Morgan fingerprint density at radius 1 is 1.64 bits per heavy atom. The van der Waals surface area contributed by atoms with Gasteiger partial charge in [-0.2, -0.15) is 6.42 Å². The van der Waals surface area contributed by atoms with Crippen molar-refractivity contribution in [2.45, 2.75) is 18.9 Å². The molecular formula is C8H15LiO2. The molecule has 0 radical (unpaired) electrons. The summed E-state index contributed by atoms with van der Waals surface area (Å²) in [5.41, 5.74) is 0. The van der Waals surface area contributed by atoms with E-state index in [9.17, 15) is 0 Å². The second kappa shape index (κ2) is 10.3. The average molecular weight is 150 g/mol. The van der Waals surface area contributed by atoms with Crippen molar-refractivity contribution in [3.05, 3.63) is 19.6 Å². The van der Waals surface area contributed by atoms with Gasteiger partial charge in [0.1, 0.15) is 6.79 Å². The van der Waals surface area contributed by atoms with E-state index in [1.165, 1.54) is 0 Å². The standard InChI is InChI=1S/C8H15O2.Li/c1-4-6-8(5-2)10-7-9-3;/h5,8H,1-2,4,6-7H2,3H3;/q-1;+1. The molecule has 0 spiro atoms. The molecule has 0 aromatic carbocycles. The van der Waals surface area contributed by atoms with Crippen molar-refractivity contribution in [3.8, 4) is 0 Å². The molecule has 0 aliphatic carbocycles. The Labute approximate surface area is 81.1 Å². The predicted molar refractivity (Wildman–Crippen MR) is 41.5 cm³/mol. The van der Waals surface area contributed by atoms with E-state index < -0.39 is 0 Å². The van der Waals surface area contributed by atoms with E-state index in [1.807, 2.05) is 0 Å². The van der Waals surface area contributed by atoms with Crippen LogP contribution in [0.1, 0.15) is 12.8 Å². The summed E-state index contributed by atoms with van der Waals surface area (Å²) in [6.45, 7) is 7.67. The van der Waals surface area contributed by atoms with E-state index in [2.05, 4.69) is 13.5 Å². The quantitative estimate of drug-likeness (QED) is 0.204. The molecule has 0 heterocycles. The van der Waals surface area contributed by atoms with Gasteiger partial charge in [-0.25, -0.2) is 0 Å². The Bertz CT molecular complexity index is 86.2. The van der Waals surface area contributed by atoms with Gasteiger partial charge in [-0.1, -0.05) is 12.5 Å². The minimum absolute atomic E-state index is 0. The van der Waals surface area contributed by atoms with E-state index >= 15 is 0 Å². The van der Waals surface area contributed by atoms with E-state index in [-0.39, 0.29) is 25.0 Å². The van der Waals surface area contributed by atoms with Gasteiger partial charge in [-0.05, 0) is 0 Å². The zero-order valence-corrected chi connectivity index (χ0v) is 7.51. The molecule has 0 bridgehead atoms. The van der Waals surface area contributed by atoms with Crippen LogP contribution in [0.3, 0.4) is 0 Å². The van der Waals surface area contributed by atoms with Crippen LogP contribution < -0.4 is 18.9 Å². The van der Waals surface area contributed by atoms with Crippen molar-refractivity contribution < 1.29 is 28.3 Å². The van der Waals surface area contributed by atoms with Crippen LogP contribution >= 0.6 is 0 Å². The topological polar surface area (TPSA) is 18.5 Å². The molecule has 3 heteroatoms. The van der Waals surface area contributed by atoms with Crippen molar-refractivity contribution >= 4 is 0 Å². The van der Waals surface area contributed by atoms with E-state index in [4.69, 9.17) is 9.47 Å². The summed E-state index contributed by atoms with van der Waals surface area (Å²) in [6, 6.07) is 0. The molecule has 0 aliphatic heterocycles. The van der Waals surface area contributed by atoms with E-state index in [0.29, 0.717) is 6.79 Å². The number of ether oxygens (including phenoxy) is 2. The van der Waals surface area contributed by atoms with E-state index in [0.717, 1.165) is 12.8 Å². The second-order valence-corrected chi connectivity index (χ2v) is 1.99. The minimum atomic E-state index is 0. The number of rotatable bonds is 6. The Kier molecular flexibility index (Phi) is 12.9. The van der Waals surface area contributed by atoms with Crippen LogP contribution in [0.4, 0.5) is 0 Å². The molecule has 2 nitrogen and oxygen atoms in total. The summed E-state index contributed by atoms with van der Waals surface area (Å²) in [7, 11) is 1.60. The Morgan fingerprint density at radius 3 is 2.64 bits per heavy atom. The van der Waals surface area contributed by atoms with Crippen LogP contribution in [0.2, 0.25) is 0 Å². The van der Waals surface area contributed by atoms with Crippen molar-refractivity contribution in [1.82, 2.24) is 0 Å². The summed E-state index contributed by atoms with van der Waals surface area (Å²) in [4.78, 5) is 0. The van der Waals surface area contributed by atoms with Gasteiger partial charge in [0.25, 0.3) is 0 Å². The van der Waals surface area contributed by atoms with Crippen LogP contribution in [0.5, 0.6) is 0 Å². The van der Waals surface area contributed by atoms with Gasteiger partial charge in [0.15, 0.2) is 0 Å². The molecule has 0 aromatic rings. The Hall–Kier alpha value is 0.257. The predicted octanol–water partition coefficient (Wildman–Crippen LogP) is -1.22. The molecule has 60 valence electrons. The Morgan fingerprint density at radius 2 is 2.27 bits per heavy atom. The third-order valence-electron chi connectivity index (χ3n) is 1.15. The molecule has 0 fully saturated rings.